The van der Waals surface area contributed by atoms with E-state index in [1.165, 1.54) is 49.7 Å². The minimum atomic E-state index is -1.70. The number of carbonyl (C=O) groups excluding carboxylic acids is 1. The molecule has 16 heteroatoms. The van der Waals surface area contributed by atoms with Crippen molar-refractivity contribution in [3.8, 4) is 5.75 Å². The summed E-state index contributed by atoms with van der Waals surface area (Å²) >= 11 is 0. The number of hydrazine groups is 1. The lowest BCUT2D eigenvalue weighted by Crippen LogP contribution is -2.61. The molecule has 9 atom stereocenters. The quantitative estimate of drug-likeness (QED) is 0.0342. The van der Waals surface area contributed by atoms with E-state index in [2.05, 4.69) is 19.2 Å². The van der Waals surface area contributed by atoms with E-state index in [4.69, 9.17) is 40.0 Å². The molecule has 2 fully saturated rings. The number of unbranched alkanes of at least 4 members (excludes halogenated alkanes) is 8. The normalized spacial score (nSPS) is 25.8. The maximum Gasteiger partial charge on any atom is 0.255 e. The molecule has 16 nitrogen and oxygen atoms in total. The number of nitrogens with one attached hydrogen (secondary N) is 1. The van der Waals surface area contributed by atoms with Crippen LogP contribution in [0.1, 0.15) is 148 Å². The summed E-state index contributed by atoms with van der Waals surface area (Å²) in [5, 5.41) is 58.8. The van der Waals surface area contributed by atoms with Gasteiger partial charge in [-0.3, -0.25) is 4.79 Å². The van der Waals surface area contributed by atoms with Crippen LogP contribution in [0.4, 0.5) is 0 Å². The number of amides is 1. The minimum absolute atomic E-state index is 0.0262. The highest BCUT2D eigenvalue weighted by Gasteiger charge is 2.49. The number of carbonyl (C=O) groups is 1. The third-order valence-electron chi connectivity index (χ3n) is 11.7. The highest BCUT2D eigenvalue weighted by molar-refractivity contribution is 5.97. The van der Waals surface area contributed by atoms with Gasteiger partial charge in [0.15, 0.2) is 12.6 Å². The van der Waals surface area contributed by atoms with E-state index < -0.39 is 66.4 Å². The Kier molecular flexibility index (Phi) is 23.0. The minimum Gasteiger partial charge on any atom is -0.507 e. The monoisotopic (exact) mass is 897 g/mol. The fourth-order valence-corrected chi connectivity index (χ4v) is 7.52. The van der Waals surface area contributed by atoms with Crippen molar-refractivity contribution in [2.24, 2.45) is 17.5 Å². The molecular weight excluding hydrogens is 813 g/mol. The zero-order valence-corrected chi connectivity index (χ0v) is 39.7. The van der Waals surface area contributed by atoms with Crippen LogP contribution in [0.15, 0.2) is 24.0 Å². The standard InChI is InChI=1S/C47H84N4O12/c1-10-12-14-16-18-20-58-28-33(29-59-21-19-17-15-13-11-2)60-27-32(48)25-51(49)26-37-40(54)41(55)42(56)45(62-37)63-44-38(52)30(3)36(61-44)24-50-43(57)34-22-31(46(4,5)6)23-35(39(34)53)47(7,8)9/h22-23,25,30,33,36-38,40-42,44-45,52-56H,10-21,24,26-29,48-49H2,1-9H3,(H,50,57)/b32-25-. The molecule has 2 aliphatic heterocycles. The molecular formula is C47H84N4O12. The molecule has 0 aliphatic carbocycles. The van der Waals surface area contributed by atoms with Crippen LogP contribution in [-0.4, -0.2) is 138 Å². The summed E-state index contributed by atoms with van der Waals surface area (Å²) in [7, 11) is 0. The van der Waals surface area contributed by atoms with Crippen molar-refractivity contribution in [3.05, 3.63) is 40.7 Å². The number of phenolic OH excluding ortho intramolecular Hbond substituents is 1. The van der Waals surface area contributed by atoms with Gasteiger partial charge in [0, 0.05) is 37.4 Å². The first-order valence-electron chi connectivity index (χ1n) is 23.3. The van der Waals surface area contributed by atoms with Gasteiger partial charge in [-0.1, -0.05) is 120 Å². The Morgan fingerprint density at radius 2 is 1.37 bits per heavy atom. The van der Waals surface area contributed by atoms with E-state index in [1.54, 1.807) is 13.0 Å². The number of nitrogens with two attached hydrogens (primary N) is 2. The van der Waals surface area contributed by atoms with Crippen molar-refractivity contribution in [3.63, 3.8) is 0 Å². The van der Waals surface area contributed by atoms with Crippen LogP contribution in [0, 0.1) is 5.92 Å². The van der Waals surface area contributed by atoms with Crippen LogP contribution in [0.3, 0.4) is 0 Å². The summed E-state index contributed by atoms with van der Waals surface area (Å²) in [6.07, 6.45) is 1.58. The van der Waals surface area contributed by atoms with Gasteiger partial charge in [0.1, 0.15) is 42.4 Å². The van der Waals surface area contributed by atoms with Crippen LogP contribution in [0.25, 0.3) is 0 Å². The van der Waals surface area contributed by atoms with Gasteiger partial charge in [0.2, 0.25) is 0 Å². The third-order valence-corrected chi connectivity index (χ3v) is 11.7. The van der Waals surface area contributed by atoms with Gasteiger partial charge in [0.05, 0.1) is 43.7 Å². The molecule has 9 unspecified atom stereocenters. The highest BCUT2D eigenvalue weighted by atomic mass is 16.8. The Hall–Kier alpha value is -2.61. The first-order valence-corrected chi connectivity index (χ1v) is 23.3. The highest BCUT2D eigenvalue weighted by Crippen LogP contribution is 2.38. The Morgan fingerprint density at radius 3 is 1.92 bits per heavy atom. The van der Waals surface area contributed by atoms with Gasteiger partial charge in [-0.2, -0.15) is 0 Å². The maximum atomic E-state index is 13.5. The molecule has 1 aromatic rings. The average Bonchev–Trinajstić information content (AvgIpc) is 3.48. The van der Waals surface area contributed by atoms with Crippen LogP contribution in [0.2, 0.25) is 0 Å². The summed E-state index contributed by atoms with van der Waals surface area (Å²) in [5.74, 6) is 5.12. The lowest BCUT2D eigenvalue weighted by molar-refractivity contribution is -0.339. The number of aromatic hydroxyl groups is 1. The largest absolute Gasteiger partial charge is 0.507 e. The van der Waals surface area contributed by atoms with Gasteiger partial charge in [-0.15, -0.1) is 0 Å². The predicted molar refractivity (Wildman–Crippen MR) is 241 cm³/mol. The average molecular weight is 897 g/mol. The number of benzene rings is 1. The van der Waals surface area contributed by atoms with Gasteiger partial charge in [0.25, 0.3) is 5.91 Å². The molecule has 1 amide bonds. The molecule has 0 saturated carbocycles. The van der Waals surface area contributed by atoms with Crippen LogP contribution >= 0.6 is 0 Å². The number of hydrogen-bond donors (Lipinski definition) is 8. The molecule has 2 saturated heterocycles. The van der Waals surface area contributed by atoms with E-state index in [-0.39, 0.29) is 48.2 Å². The summed E-state index contributed by atoms with van der Waals surface area (Å²) in [5.41, 5.74) is 7.54. The number of hydrogen-bond acceptors (Lipinski definition) is 15. The van der Waals surface area contributed by atoms with Crippen LogP contribution in [-0.2, 0) is 39.3 Å². The zero-order valence-electron chi connectivity index (χ0n) is 39.7. The van der Waals surface area contributed by atoms with Gasteiger partial charge in [-0.05, 0) is 35.3 Å². The second kappa shape index (κ2) is 26.5. The molecule has 0 bridgehead atoms. The summed E-state index contributed by atoms with van der Waals surface area (Å²) in [4.78, 5) is 13.5. The number of aliphatic hydroxyl groups is 4. The fraction of sp³-hybridized carbons (Fsp3) is 0.809. The molecule has 2 heterocycles. The SMILES string of the molecule is CCCCCCCOCC(COCCCCCCC)OC/C(N)=C/N(N)CC1OC(OC2OC(CNC(=O)c3cc(C(C)(C)C)cc(C(C)(C)C)c3O)C(C)C2O)C(O)C(O)C1O. The van der Waals surface area contributed by atoms with E-state index in [0.29, 0.717) is 32.0 Å². The topological polar surface area (TPSA) is 241 Å². The summed E-state index contributed by atoms with van der Waals surface area (Å²) in [6, 6.07) is 3.62. The predicted octanol–water partition coefficient (Wildman–Crippen LogP) is 4.60. The molecule has 2 aliphatic rings. The maximum absolute atomic E-state index is 13.5. The number of ether oxygens (including phenoxy) is 6. The van der Waals surface area contributed by atoms with Crippen LogP contribution in [0.5, 0.6) is 5.75 Å². The second-order valence-corrected chi connectivity index (χ2v) is 19.5. The smallest absolute Gasteiger partial charge is 0.255 e. The van der Waals surface area contributed by atoms with E-state index in [0.717, 1.165) is 31.2 Å². The van der Waals surface area contributed by atoms with Crippen molar-refractivity contribution >= 4 is 5.91 Å². The lowest BCUT2D eigenvalue weighted by atomic mass is 9.79. The Labute approximate surface area is 376 Å². The molecule has 0 spiro atoms. The zero-order chi connectivity index (χ0) is 46.9. The second-order valence-electron chi connectivity index (χ2n) is 19.5. The Balaban J connectivity index is 1.58. The molecule has 1 aromatic carbocycles. The van der Waals surface area contributed by atoms with Crippen molar-refractivity contribution < 1.29 is 58.7 Å². The van der Waals surface area contributed by atoms with Crippen molar-refractivity contribution in [2.75, 3.05) is 46.1 Å². The molecule has 10 N–H and O–H groups in total. The summed E-state index contributed by atoms with van der Waals surface area (Å²) < 4.78 is 35.7. The fourth-order valence-electron chi connectivity index (χ4n) is 7.52. The lowest BCUT2D eigenvalue weighted by Gasteiger charge is -2.42. The Bertz CT molecular complexity index is 1500. The van der Waals surface area contributed by atoms with Crippen molar-refractivity contribution in [1.29, 1.82) is 0 Å². The molecule has 63 heavy (non-hydrogen) atoms. The van der Waals surface area contributed by atoms with Gasteiger partial charge >= 0.3 is 0 Å². The van der Waals surface area contributed by atoms with Gasteiger partial charge in [-0.25, -0.2) is 5.84 Å². The van der Waals surface area contributed by atoms with E-state index >= 15 is 0 Å². The third kappa shape index (κ3) is 17.6. The van der Waals surface area contributed by atoms with E-state index in [9.17, 15) is 30.3 Å². The molecule has 364 valence electrons. The number of phenols is 1. The number of rotatable bonds is 27. The first kappa shape index (κ1) is 54.7. The first-order chi connectivity index (χ1) is 29.7. The van der Waals surface area contributed by atoms with E-state index in [1.807, 2.05) is 47.6 Å². The Morgan fingerprint density at radius 1 is 0.810 bits per heavy atom. The van der Waals surface area contributed by atoms with Crippen LogP contribution < -0.4 is 16.9 Å². The van der Waals surface area contributed by atoms with Crippen molar-refractivity contribution in [2.45, 2.75) is 193 Å². The summed E-state index contributed by atoms with van der Waals surface area (Å²) in [6.45, 7) is 19.9. The molecule has 3 rings (SSSR count). The molecule has 0 aromatic heterocycles. The number of nitrogens with zero attached hydrogens (tertiary/aromatic N) is 1. The molecule has 0 radical (unpaired) electrons. The van der Waals surface area contributed by atoms with Gasteiger partial charge < -0.3 is 70.0 Å². The number of aliphatic hydroxyl groups excluding tert-OH is 4. The van der Waals surface area contributed by atoms with Crippen molar-refractivity contribution in [1.82, 2.24) is 10.3 Å².